The molecule has 2 aromatic carbocycles. The molecule has 1 amide bonds. The second-order valence-electron chi connectivity index (χ2n) is 6.96. The maximum absolute atomic E-state index is 12.1. The molecule has 1 aliphatic heterocycles. The van der Waals surface area contributed by atoms with Crippen LogP contribution in [0.2, 0.25) is 0 Å². The van der Waals surface area contributed by atoms with Crippen LogP contribution in [0.4, 0.5) is 0 Å². The van der Waals surface area contributed by atoms with E-state index in [1.807, 2.05) is 24.3 Å². The van der Waals surface area contributed by atoms with Crippen LogP contribution in [0.1, 0.15) is 26.2 Å². The Morgan fingerprint density at radius 1 is 1.28 bits per heavy atom. The minimum Gasteiger partial charge on any atom is -0.491 e. The van der Waals surface area contributed by atoms with Crippen LogP contribution in [-0.2, 0) is 4.79 Å². The molecule has 0 radical (unpaired) electrons. The van der Waals surface area contributed by atoms with Crippen molar-refractivity contribution >= 4 is 16.7 Å². The molecule has 134 valence electrons. The van der Waals surface area contributed by atoms with Crippen LogP contribution in [0.3, 0.4) is 0 Å². The van der Waals surface area contributed by atoms with Crippen LogP contribution >= 0.6 is 0 Å². The van der Waals surface area contributed by atoms with Gasteiger partial charge in [-0.3, -0.25) is 4.79 Å². The van der Waals surface area contributed by atoms with Crippen LogP contribution in [0.25, 0.3) is 10.8 Å². The van der Waals surface area contributed by atoms with Gasteiger partial charge in [-0.05, 0) is 49.2 Å². The van der Waals surface area contributed by atoms with Gasteiger partial charge in [0.05, 0.1) is 6.54 Å². The Morgan fingerprint density at radius 3 is 2.96 bits per heavy atom. The molecule has 0 aromatic heterocycles. The molecule has 2 aromatic rings. The van der Waals surface area contributed by atoms with Gasteiger partial charge in [0.1, 0.15) is 12.4 Å². The van der Waals surface area contributed by atoms with E-state index in [1.165, 1.54) is 18.2 Å². The standard InChI is InChI=1S/C21H28N2O2/c1-16(18-8-5-11-22-15-18)14-21(24)23-12-13-25-20-10-4-7-17-6-2-3-9-19(17)20/h2-4,6-7,9-10,16,18,22H,5,8,11-15H2,1H3,(H,23,24). The summed E-state index contributed by atoms with van der Waals surface area (Å²) in [6, 6.07) is 14.2. The van der Waals surface area contributed by atoms with Crippen molar-refractivity contribution in [3.05, 3.63) is 42.5 Å². The number of fused-ring (bicyclic) bond motifs is 1. The zero-order valence-electron chi connectivity index (χ0n) is 15.0. The summed E-state index contributed by atoms with van der Waals surface area (Å²) in [4.78, 5) is 12.1. The Labute approximate surface area is 149 Å². The van der Waals surface area contributed by atoms with Gasteiger partial charge in [-0.1, -0.05) is 43.3 Å². The molecule has 25 heavy (non-hydrogen) atoms. The van der Waals surface area contributed by atoms with E-state index >= 15 is 0 Å². The highest BCUT2D eigenvalue weighted by atomic mass is 16.5. The topological polar surface area (TPSA) is 50.4 Å². The molecule has 2 N–H and O–H groups in total. The summed E-state index contributed by atoms with van der Waals surface area (Å²) < 4.78 is 5.87. The fourth-order valence-corrected chi connectivity index (χ4v) is 3.57. The predicted molar refractivity (Wildman–Crippen MR) is 102 cm³/mol. The average Bonchev–Trinajstić information content (AvgIpc) is 2.66. The van der Waals surface area contributed by atoms with E-state index in [2.05, 4.69) is 35.8 Å². The minimum atomic E-state index is 0.125. The summed E-state index contributed by atoms with van der Waals surface area (Å²) in [5, 5.41) is 8.68. The number of nitrogens with one attached hydrogen (secondary N) is 2. The maximum atomic E-state index is 12.1. The van der Waals surface area contributed by atoms with E-state index in [0.717, 1.165) is 24.2 Å². The van der Waals surface area contributed by atoms with Crippen molar-refractivity contribution in [1.29, 1.82) is 0 Å². The fraction of sp³-hybridized carbons (Fsp3) is 0.476. The number of amides is 1. The molecule has 0 aliphatic carbocycles. The van der Waals surface area contributed by atoms with Crippen LogP contribution in [0.15, 0.2) is 42.5 Å². The molecule has 1 saturated heterocycles. The lowest BCUT2D eigenvalue weighted by Crippen LogP contribution is -2.36. The number of rotatable bonds is 7. The van der Waals surface area contributed by atoms with Crippen LogP contribution < -0.4 is 15.4 Å². The first-order valence-corrected chi connectivity index (χ1v) is 9.32. The molecular formula is C21H28N2O2. The molecule has 1 heterocycles. The van der Waals surface area contributed by atoms with E-state index in [-0.39, 0.29) is 5.91 Å². The van der Waals surface area contributed by atoms with Crippen molar-refractivity contribution in [2.45, 2.75) is 26.2 Å². The van der Waals surface area contributed by atoms with Crippen molar-refractivity contribution in [3.63, 3.8) is 0 Å². The number of carbonyl (C=O) groups is 1. The van der Waals surface area contributed by atoms with E-state index in [1.54, 1.807) is 0 Å². The summed E-state index contributed by atoms with van der Waals surface area (Å²) in [6.07, 6.45) is 3.04. The summed E-state index contributed by atoms with van der Waals surface area (Å²) >= 11 is 0. The summed E-state index contributed by atoms with van der Waals surface area (Å²) in [6.45, 7) is 5.36. The number of ether oxygens (including phenoxy) is 1. The van der Waals surface area contributed by atoms with Crippen molar-refractivity contribution < 1.29 is 9.53 Å². The molecular weight excluding hydrogens is 312 g/mol. The second-order valence-corrected chi connectivity index (χ2v) is 6.96. The largest absolute Gasteiger partial charge is 0.491 e. The minimum absolute atomic E-state index is 0.125. The predicted octanol–water partition coefficient (Wildman–Crippen LogP) is 3.36. The van der Waals surface area contributed by atoms with Crippen LogP contribution in [0.5, 0.6) is 5.75 Å². The van der Waals surface area contributed by atoms with Crippen LogP contribution in [-0.4, -0.2) is 32.1 Å². The quantitative estimate of drug-likeness (QED) is 0.760. The number of hydrogen-bond donors (Lipinski definition) is 2. The zero-order chi connectivity index (χ0) is 17.5. The third kappa shape index (κ3) is 4.95. The summed E-state index contributed by atoms with van der Waals surface area (Å²) in [5.74, 6) is 2.03. The molecule has 0 spiro atoms. The second kappa shape index (κ2) is 8.86. The molecule has 1 aliphatic rings. The average molecular weight is 340 g/mol. The van der Waals surface area contributed by atoms with Gasteiger partial charge in [-0.25, -0.2) is 0 Å². The van der Waals surface area contributed by atoms with Crippen LogP contribution in [0, 0.1) is 11.8 Å². The first-order valence-electron chi connectivity index (χ1n) is 9.32. The Morgan fingerprint density at radius 2 is 2.12 bits per heavy atom. The van der Waals surface area contributed by atoms with Gasteiger partial charge < -0.3 is 15.4 Å². The molecule has 4 heteroatoms. The number of benzene rings is 2. The van der Waals surface area contributed by atoms with Crippen molar-refractivity contribution in [2.75, 3.05) is 26.2 Å². The maximum Gasteiger partial charge on any atom is 0.220 e. The first kappa shape index (κ1) is 17.7. The molecule has 2 atom stereocenters. The van der Waals surface area contributed by atoms with Gasteiger partial charge in [0.15, 0.2) is 0 Å². The normalized spacial score (nSPS) is 18.7. The van der Waals surface area contributed by atoms with Crippen molar-refractivity contribution in [3.8, 4) is 5.75 Å². The van der Waals surface area contributed by atoms with Crippen molar-refractivity contribution in [1.82, 2.24) is 10.6 Å². The molecule has 0 bridgehead atoms. The number of carbonyl (C=O) groups excluding carboxylic acids is 1. The van der Waals surface area contributed by atoms with Gasteiger partial charge in [0, 0.05) is 11.8 Å². The molecule has 0 saturated carbocycles. The lowest BCUT2D eigenvalue weighted by atomic mass is 9.85. The fourth-order valence-electron chi connectivity index (χ4n) is 3.57. The Balaban J connectivity index is 1.41. The van der Waals surface area contributed by atoms with Gasteiger partial charge in [-0.15, -0.1) is 0 Å². The summed E-state index contributed by atoms with van der Waals surface area (Å²) in [5.41, 5.74) is 0. The Bertz CT molecular complexity index is 690. The molecule has 1 fully saturated rings. The zero-order valence-corrected chi connectivity index (χ0v) is 15.0. The lowest BCUT2D eigenvalue weighted by molar-refractivity contribution is -0.122. The van der Waals surface area contributed by atoms with Gasteiger partial charge in [0.25, 0.3) is 0 Å². The Kier molecular flexibility index (Phi) is 6.29. The van der Waals surface area contributed by atoms with Gasteiger partial charge in [0.2, 0.25) is 5.91 Å². The van der Waals surface area contributed by atoms with Crippen molar-refractivity contribution in [2.24, 2.45) is 11.8 Å². The molecule has 2 unspecified atom stereocenters. The highest BCUT2D eigenvalue weighted by Gasteiger charge is 2.21. The first-order chi connectivity index (χ1) is 12.2. The monoisotopic (exact) mass is 340 g/mol. The van der Waals surface area contributed by atoms with E-state index in [4.69, 9.17) is 4.74 Å². The smallest absolute Gasteiger partial charge is 0.220 e. The van der Waals surface area contributed by atoms with E-state index < -0.39 is 0 Å². The number of hydrogen-bond acceptors (Lipinski definition) is 3. The third-order valence-corrected chi connectivity index (χ3v) is 5.08. The van der Waals surface area contributed by atoms with Gasteiger partial charge >= 0.3 is 0 Å². The lowest BCUT2D eigenvalue weighted by Gasteiger charge is -2.28. The van der Waals surface area contributed by atoms with E-state index in [0.29, 0.717) is 31.4 Å². The highest BCUT2D eigenvalue weighted by Crippen LogP contribution is 2.25. The van der Waals surface area contributed by atoms with E-state index in [9.17, 15) is 4.79 Å². The highest BCUT2D eigenvalue weighted by molar-refractivity contribution is 5.88. The number of piperidine rings is 1. The van der Waals surface area contributed by atoms with Gasteiger partial charge in [-0.2, -0.15) is 0 Å². The SMILES string of the molecule is CC(CC(=O)NCCOc1cccc2ccccc12)C1CCCNC1. The summed E-state index contributed by atoms with van der Waals surface area (Å²) in [7, 11) is 0. The Hall–Kier alpha value is -2.07. The molecule has 4 nitrogen and oxygen atoms in total. The third-order valence-electron chi connectivity index (χ3n) is 5.08. The molecule has 3 rings (SSSR count).